The summed E-state index contributed by atoms with van der Waals surface area (Å²) in [6.45, 7) is 0.950. The second kappa shape index (κ2) is 3.36. The van der Waals surface area contributed by atoms with E-state index in [0.29, 0.717) is 30.2 Å². The van der Waals surface area contributed by atoms with Crippen molar-refractivity contribution in [2.45, 2.75) is 19.8 Å². The molecule has 0 amide bonds. The molecule has 0 aliphatic carbocycles. The van der Waals surface area contributed by atoms with Gasteiger partial charge in [-0.25, -0.2) is 4.79 Å². The summed E-state index contributed by atoms with van der Waals surface area (Å²) in [5.41, 5.74) is 7.64. The number of nitrogens with two attached hydrogens (primary N) is 1. The maximum absolute atomic E-state index is 10.9. The highest BCUT2D eigenvalue weighted by Crippen LogP contribution is 2.22. The first-order chi connectivity index (χ1) is 6.72. The summed E-state index contributed by atoms with van der Waals surface area (Å²) in [5, 5.41) is 8.94. The summed E-state index contributed by atoms with van der Waals surface area (Å²) in [7, 11) is 0. The van der Waals surface area contributed by atoms with Crippen molar-refractivity contribution in [2.24, 2.45) is 5.73 Å². The molecule has 2 heterocycles. The van der Waals surface area contributed by atoms with E-state index in [1.54, 1.807) is 0 Å². The highest BCUT2D eigenvalue weighted by Gasteiger charge is 2.21. The van der Waals surface area contributed by atoms with E-state index in [1.807, 2.05) is 0 Å². The van der Waals surface area contributed by atoms with Crippen LogP contribution in [0.15, 0.2) is 6.07 Å². The fourth-order valence-corrected chi connectivity index (χ4v) is 1.51. The molecule has 0 bridgehead atoms. The van der Waals surface area contributed by atoms with Gasteiger partial charge in [0.15, 0.2) is 0 Å². The summed E-state index contributed by atoms with van der Waals surface area (Å²) in [5.74, 6) is -0.955. The van der Waals surface area contributed by atoms with Crippen LogP contribution in [0, 0.1) is 0 Å². The summed E-state index contributed by atoms with van der Waals surface area (Å²) in [4.78, 5) is 15.1. The smallest absolute Gasteiger partial charge is 0.336 e. The van der Waals surface area contributed by atoms with Crippen molar-refractivity contribution in [1.29, 1.82) is 0 Å². The van der Waals surface area contributed by atoms with Gasteiger partial charge >= 0.3 is 5.97 Å². The normalized spacial score (nSPS) is 14.1. The third kappa shape index (κ3) is 1.36. The molecule has 0 aromatic carbocycles. The number of pyridine rings is 1. The maximum Gasteiger partial charge on any atom is 0.336 e. The van der Waals surface area contributed by atoms with Crippen LogP contribution in [0.5, 0.6) is 0 Å². The molecule has 1 aromatic rings. The van der Waals surface area contributed by atoms with Crippen LogP contribution in [0.1, 0.15) is 27.3 Å². The zero-order valence-corrected chi connectivity index (χ0v) is 7.49. The average Bonchev–Trinajstić information content (AvgIpc) is 2.63. The highest BCUT2D eigenvalue weighted by molar-refractivity contribution is 5.89. The zero-order valence-electron chi connectivity index (χ0n) is 7.49. The van der Waals surface area contributed by atoms with Gasteiger partial charge in [0.05, 0.1) is 30.2 Å². The molecular weight excluding hydrogens is 184 g/mol. The Morgan fingerprint density at radius 1 is 1.64 bits per heavy atom. The van der Waals surface area contributed by atoms with E-state index in [0.717, 1.165) is 0 Å². The van der Waals surface area contributed by atoms with Crippen LogP contribution in [0.3, 0.4) is 0 Å². The second-order valence-corrected chi connectivity index (χ2v) is 3.09. The van der Waals surface area contributed by atoms with Crippen LogP contribution in [0.2, 0.25) is 0 Å². The molecule has 3 N–H and O–H groups in total. The minimum atomic E-state index is -0.955. The van der Waals surface area contributed by atoms with Gasteiger partial charge in [0, 0.05) is 12.1 Å². The Morgan fingerprint density at radius 2 is 2.43 bits per heavy atom. The van der Waals surface area contributed by atoms with Gasteiger partial charge in [-0.05, 0) is 6.07 Å². The molecule has 1 aliphatic heterocycles. The SMILES string of the molecule is NCc1cc(C(=O)O)c2c(n1)COC2. The first-order valence-corrected chi connectivity index (χ1v) is 4.25. The van der Waals surface area contributed by atoms with Gasteiger partial charge in [-0.3, -0.25) is 4.98 Å². The maximum atomic E-state index is 10.9. The van der Waals surface area contributed by atoms with Gasteiger partial charge in [0.2, 0.25) is 0 Å². The van der Waals surface area contributed by atoms with Crippen molar-refractivity contribution in [3.05, 3.63) is 28.6 Å². The zero-order chi connectivity index (χ0) is 10.1. The quantitative estimate of drug-likeness (QED) is 0.705. The lowest BCUT2D eigenvalue weighted by Crippen LogP contribution is -2.09. The van der Waals surface area contributed by atoms with Crippen molar-refractivity contribution in [1.82, 2.24) is 4.98 Å². The predicted molar refractivity (Wildman–Crippen MR) is 47.6 cm³/mol. The van der Waals surface area contributed by atoms with Crippen LogP contribution < -0.4 is 5.73 Å². The lowest BCUT2D eigenvalue weighted by Gasteiger charge is -2.04. The van der Waals surface area contributed by atoms with E-state index in [-0.39, 0.29) is 12.1 Å². The first kappa shape index (κ1) is 9.11. The Hall–Kier alpha value is -1.46. The third-order valence-electron chi connectivity index (χ3n) is 2.19. The monoisotopic (exact) mass is 194 g/mol. The minimum Gasteiger partial charge on any atom is -0.478 e. The molecule has 2 rings (SSSR count). The van der Waals surface area contributed by atoms with E-state index in [4.69, 9.17) is 15.6 Å². The summed E-state index contributed by atoms with van der Waals surface area (Å²) in [6.07, 6.45) is 0. The highest BCUT2D eigenvalue weighted by atomic mass is 16.5. The Bertz CT molecular complexity index is 390. The summed E-state index contributed by atoms with van der Waals surface area (Å²) in [6, 6.07) is 1.51. The number of aromatic carboxylic acids is 1. The van der Waals surface area contributed by atoms with Crippen LogP contribution in [-0.2, 0) is 24.5 Å². The summed E-state index contributed by atoms with van der Waals surface area (Å²) < 4.78 is 5.14. The second-order valence-electron chi connectivity index (χ2n) is 3.09. The number of hydrogen-bond acceptors (Lipinski definition) is 4. The largest absolute Gasteiger partial charge is 0.478 e. The number of rotatable bonds is 2. The van der Waals surface area contributed by atoms with Crippen molar-refractivity contribution < 1.29 is 14.6 Å². The molecule has 0 spiro atoms. The number of nitrogens with zero attached hydrogens (tertiary/aromatic N) is 1. The number of fused-ring (bicyclic) bond motifs is 1. The molecule has 1 aliphatic rings. The molecule has 5 nitrogen and oxygen atoms in total. The number of aromatic nitrogens is 1. The number of carbonyl (C=O) groups is 1. The molecule has 0 atom stereocenters. The molecule has 74 valence electrons. The van der Waals surface area contributed by atoms with Gasteiger partial charge in [-0.1, -0.05) is 0 Å². The topological polar surface area (TPSA) is 85.4 Å². The Kier molecular flexibility index (Phi) is 2.18. The Balaban J connectivity index is 2.57. The van der Waals surface area contributed by atoms with Gasteiger partial charge < -0.3 is 15.6 Å². The van der Waals surface area contributed by atoms with E-state index in [9.17, 15) is 4.79 Å². The fraction of sp³-hybridized carbons (Fsp3) is 0.333. The van der Waals surface area contributed by atoms with E-state index in [2.05, 4.69) is 4.98 Å². The molecular formula is C9H10N2O3. The van der Waals surface area contributed by atoms with Crippen LogP contribution in [0.4, 0.5) is 0 Å². The molecule has 0 unspecified atom stereocenters. The molecule has 0 saturated heterocycles. The molecule has 0 saturated carbocycles. The Labute approximate surface area is 80.5 Å². The average molecular weight is 194 g/mol. The Morgan fingerprint density at radius 3 is 3.07 bits per heavy atom. The number of ether oxygens (including phenoxy) is 1. The van der Waals surface area contributed by atoms with E-state index < -0.39 is 5.97 Å². The van der Waals surface area contributed by atoms with Crippen molar-refractivity contribution >= 4 is 5.97 Å². The van der Waals surface area contributed by atoms with Crippen molar-refractivity contribution in [3.8, 4) is 0 Å². The number of carboxylic acid groups (broad SMARTS) is 1. The molecule has 14 heavy (non-hydrogen) atoms. The van der Waals surface area contributed by atoms with Gasteiger partial charge in [-0.15, -0.1) is 0 Å². The lowest BCUT2D eigenvalue weighted by molar-refractivity contribution is 0.0692. The van der Waals surface area contributed by atoms with Crippen LogP contribution >= 0.6 is 0 Å². The standard InChI is InChI=1S/C9H10N2O3/c10-2-5-1-6(9(12)13)7-3-14-4-8(7)11-5/h1H,2-4,10H2,(H,12,13). The molecule has 5 heteroatoms. The van der Waals surface area contributed by atoms with Gasteiger partial charge in [0.25, 0.3) is 0 Å². The first-order valence-electron chi connectivity index (χ1n) is 4.25. The predicted octanol–water partition coefficient (Wildman–Crippen LogP) is 0.269. The number of carboxylic acids is 1. The summed E-state index contributed by atoms with van der Waals surface area (Å²) >= 11 is 0. The molecule has 0 fully saturated rings. The van der Waals surface area contributed by atoms with Crippen LogP contribution in [0.25, 0.3) is 0 Å². The van der Waals surface area contributed by atoms with E-state index >= 15 is 0 Å². The lowest BCUT2D eigenvalue weighted by atomic mass is 10.1. The number of hydrogen-bond donors (Lipinski definition) is 2. The minimum absolute atomic E-state index is 0.244. The third-order valence-corrected chi connectivity index (χ3v) is 2.19. The van der Waals surface area contributed by atoms with Gasteiger partial charge in [0.1, 0.15) is 0 Å². The van der Waals surface area contributed by atoms with Crippen LogP contribution in [-0.4, -0.2) is 16.1 Å². The molecule has 1 aromatic heterocycles. The van der Waals surface area contributed by atoms with Crippen molar-refractivity contribution in [3.63, 3.8) is 0 Å². The van der Waals surface area contributed by atoms with Gasteiger partial charge in [-0.2, -0.15) is 0 Å². The van der Waals surface area contributed by atoms with E-state index in [1.165, 1.54) is 6.07 Å². The van der Waals surface area contributed by atoms with Crippen molar-refractivity contribution in [2.75, 3.05) is 0 Å². The fourth-order valence-electron chi connectivity index (χ4n) is 1.51. The molecule has 0 radical (unpaired) electrons.